The average molecular weight is 901 g/mol. The van der Waals surface area contributed by atoms with E-state index in [-0.39, 0.29) is 12.5 Å². The van der Waals surface area contributed by atoms with Gasteiger partial charge in [0.05, 0.1) is 18.8 Å². The number of hydrogen-bond acceptors (Lipinski definition) is 4. The predicted molar refractivity (Wildman–Crippen MR) is 282 cm³/mol. The first-order chi connectivity index (χ1) is 31.6. The van der Waals surface area contributed by atoms with Crippen LogP contribution in [-0.4, -0.2) is 46.1 Å². The largest absolute Gasteiger partial charge is 0.394 e. The van der Waals surface area contributed by atoms with Gasteiger partial charge in [-0.05, 0) is 77.0 Å². The van der Waals surface area contributed by atoms with E-state index in [2.05, 4.69) is 55.6 Å². The zero-order chi connectivity index (χ0) is 46.5. The number of allylic oxidation sites excluding steroid dienone is 6. The molecule has 0 spiro atoms. The zero-order valence-electron chi connectivity index (χ0n) is 43.2. The highest BCUT2D eigenvalue weighted by Crippen LogP contribution is 2.17. The molecular weight excluding hydrogens is 787 g/mol. The number of unbranched alkanes of at least 4 members (excludes halogenated alkanes) is 39. The molecule has 0 bridgehead atoms. The first-order valence-corrected chi connectivity index (χ1v) is 28.8. The Balaban J connectivity index is 3.46. The molecule has 3 atom stereocenters. The molecule has 0 aliphatic heterocycles. The van der Waals surface area contributed by atoms with E-state index in [1.807, 2.05) is 0 Å². The van der Waals surface area contributed by atoms with Crippen molar-refractivity contribution in [2.75, 3.05) is 6.61 Å². The second-order valence-electron chi connectivity index (χ2n) is 19.8. The lowest BCUT2D eigenvalue weighted by atomic mass is 10.0. The van der Waals surface area contributed by atoms with E-state index in [0.717, 1.165) is 44.9 Å². The first-order valence-electron chi connectivity index (χ1n) is 28.8. The number of rotatable bonds is 53. The third kappa shape index (κ3) is 48.5. The maximum Gasteiger partial charge on any atom is 0.220 e. The SMILES string of the molecule is CCCCCC/C=C/CC/C=C/CCCC(O)C(O)C(CO)NC(=O)CCCCCCCCCCCCCCCCCCC/C=C\CCCCCCCCCCCCCCCCCC. The molecule has 0 aliphatic rings. The van der Waals surface area contributed by atoms with Gasteiger partial charge in [0.1, 0.15) is 6.10 Å². The first kappa shape index (κ1) is 62.6. The normalized spacial score (nSPS) is 13.5. The van der Waals surface area contributed by atoms with Crippen LogP contribution in [0.4, 0.5) is 0 Å². The fourth-order valence-electron chi connectivity index (χ4n) is 9.00. The Morgan fingerprint density at radius 3 is 0.969 bits per heavy atom. The lowest BCUT2D eigenvalue weighted by molar-refractivity contribution is -0.124. The molecular formula is C59H113NO4. The van der Waals surface area contributed by atoms with Crippen molar-refractivity contribution in [3.05, 3.63) is 36.5 Å². The third-order valence-electron chi connectivity index (χ3n) is 13.4. The van der Waals surface area contributed by atoms with Crippen LogP contribution in [0.15, 0.2) is 36.5 Å². The van der Waals surface area contributed by atoms with Crippen LogP contribution in [0, 0.1) is 0 Å². The molecule has 0 saturated heterocycles. The highest BCUT2D eigenvalue weighted by Gasteiger charge is 2.26. The molecule has 378 valence electrons. The standard InChI is InChI=1S/C59H113NO4/c1-3-5-7-9-11-13-15-17-18-19-20-21-22-23-24-25-26-27-28-29-30-31-32-33-34-35-36-37-38-39-40-42-44-46-48-50-52-54-58(63)60-56(55-61)59(64)57(62)53-51-49-47-45-43-41-16-14-12-10-8-6-4-2/h14,16,27-28,45,47,56-57,59,61-62,64H,3-13,15,17-26,29-44,46,48-55H2,1-2H3,(H,60,63)/b16-14+,28-27-,47-45+. The molecule has 0 fully saturated rings. The monoisotopic (exact) mass is 900 g/mol. The maximum atomic E-state index is 12.5. The van der Waals surface area contributed by atoms with Crippen molar-refractivity contribution in [1.29, 1.82) is 0 Å². The molecule has 4 N–H and O–H groups in total. The summed E-state index contributed by atoms with van der Waals surface area (Å²) in [4.78, 5) is 12.5. The lowest BCUT2D eigenvalue weighted by Gasteiger charge is -2.26. The third-order valence-corrected chi connectivity index (χ3v) is 13.4. The van der Waals surface area contributed by atoms with Crippen molar-refractivity contribution in [2.45, 2.75) is 327 Å². The Hall–Kier alpha value is -1.43. The van der Waals surface area contributed by atoms with Gasteiger partial charge in [-0.15, -0.1) is 0 Å². The fourth-order valence-corrected chi connectivity index (χ4v) is 9.00. The van der Waals surface area contributed by atoms with Gasteiger partial charge in [0.2, 0.25) is 5.91 Å². The van der Waals surface area contributed by atoms with E-state index in [0.29, 0.717) is 12.8 Å². The summed E-state index contributed by atoms with van der Waals surface area (Å²) in [6.07, 6.45) is 70.4. The molecule has 5 heteroatoms. The molecule has 0 aliphatic carbocycles. The van der Waals surface area contributed by atoms with Crippen LogP contribution in [0.1, 0.15) is 309 Å². The molecule has 64 heavy (non-hydrogen) atoms. The van der Waals surface area contributed by atoms with E-state index in [4.69, 9.17) is 0 Å². The van der Waals surface area contributed by atoms with Crippen LogP contribution in [0.2, 0.25) is 0 Å². The van der Waals surface area contributed by atoms with Crippen LogP contribution >= 0.6 is 0 Å². The van der Waals surface area contributed by atoms with Gasteiger partial charge >= 0.3 is 0 Å². The quantitative estimate of drug-likeness (QED) is 0.0362. The van der Waals surface area contributed by atoms with Crippen molar-refractivity contribution in [2.24, 2.45) is 0 Å². The second-order valence-corrected chi connectivity index (χ2v) is 19.8. The van der Waals surface area contributed by atoms with E-state index in [9.17, 15) is 20.1 Å². The fraction of sp³-hybridized carbons (Fsp3) is 0.881. The maximum absolute atomic E-state index is 12.5. The summed E-state index contributed by atoms with van der Waals surface area (Å²) in [6.45, 7) is 4.16. The van der Waals surface area contributed by atoms with Gasteiger partial charge in [0.15, 0.2) is 0 Å². The van der Waals surface area contributed by atoms with E-state index in [1.54, 1.807) is 0 Å². The number of nitrogens with one attached hydrogen (secondary N) is 1. The highest BCUT2D eigenvalue weighted by atomic mass is 16.3. The zero-order valence-corrected chi connectivity index (χ0v) is 43.2. The minimum atomic E-state index is -1.17. The van der Waals surface area contributed by atoms with Crippen molar-refractivity contribution in [1.82, 2.24) is 5.32 Å². The molecule has 0 aromatic heterocycles. The van der Waals surface area contributed by atoms with Crippen molar-refractivity contribution in [3.63, 3.8) is 0 Å². The molecule has 0 rings (SSSR count). The van der Waals surface area contributed by atoms with Crippen molar-refractivity contribution < 1.29 is 20.1 Å². The van der Waals surface area contributed by atoms with Crippen molar-refractivity contribution in [3.8, 4) is 0 Å². The van der Waals surface area contributed by atoms with E-state index < -0.39 is 18.2 Å². The second kappa shape index (κ2) is 54.2. The van der Waals surface area contributed by atoms with Gasteiger partial charge in [0, 0.05) is 6.42 Å². The molecule has 0 aromatic carbocycles. The van der Waals surface area contributed by atoms with Gasteiger partial charge in [-0.25, -0.2) is 0 Å². The van der Waals surface area contributed by atoms with Gasteiger partial charge < -0.3 is 20.6 Å². The Morgan fingerprint density at radius 2 is 0.641 bits per heavy atom. The number of amides is 1. The van der Waals surface area contributed by atoms with Gasteiger partial charge in [0.25, 0.3) is 0 Å². The molecule has 3 unspecified atom stereocenters. The lowest BCUT2D eigenvalue weighted by Crippen LogP contribution is -2.50. The number of carbonyl (C=O) groups excluding carboxylic acids is 1. The van der Waals surface area contributed by atoms with Crippen molar-refractivity contribution >= 4 is 5.91 Å². The molecule has 1 amide bonds. The van der Waals surface area contributed by atoms with Gasteiger partial charge in [-0.1, -0.05) is 262 Å². The predicted octanol–water partition coefficient (Wildman–Crippen LogP) is 17.8. The topological polar surface area (TPSA) is 89.8 Å². The molecule has 5 nitrogen and oxygen atoms in total. The molecule has 0 aromatic rings. The summed E-state index contributed by atoms with van der Waals surface area (Å²) in [6, 6.07) is -0.831. The summed E-state index contributed by atoms with van der Waals surface area (Å²) in [5.41, 5.74) is 0. The summed E-state index contributed by atoms with van der Waals surface area (Å²) in [5.74, 6) is -0.155. The summed E-state index contributed by atoms with van der Waals surface area (Å²) in [5, 5.41) is 33.6. The van der Waals surface area contributed by atoms with Crippen LogP contribution < -0.4 is 5.32 Å². The minimum Gasteiger partial charge on any atom is -0.394 e. The number of aliphatic hydroxyl groups excluding tert-OH is 3. The molecule has 0 heterocycles. The van der Waals surface area contributed by atoms with Crippen LogP contribution in [-0.2, 0) is 4.79 Å². The van der Waals surface area contributed by atoms with Gasteiger partial charge in [-0.3, -0.25) is 4.79 Å². The number of carbonyl (C=O) groups is 1. The average Bonchev–Trinajstić information content (AvgIpc) is 3.30. The van der Waals surface area contributed by atoms with E-state index in [1.165, 1.54) is 238 Å². The summed E-state index contributed by atoms with van der Waals surface area (Å²) >= 11 is 0. The van der Waals surface area contributed by atoms with Crippen LogP contribution in [0.3, 0.4) is 0 Å². The Kier molecular flexibility index (Phi) is 53.0. The smallest absolute Gasteiger partial charge is 0.220 e. The summed E-state index contributed by atoms with van der Waals surface area (Å²) in [7, 11) is 0. The Bertz CT molecular complexity index is 993. The van der Waals surface area contributed by atoms with Crippen LogP contribution in [0.25, 0.3) is 0 Å². The number of aliphatic hydroxyl groups is 3. The molecule has 0 saturated carbocycles. The number of hydrogen-bond donors (Lipinski definition) is 4. The minimum absolute atomic E-state index is 0.155. The van der Waals surface area contributed by atoms with E-state index >= 15 is 0 Å². The Morgan fingerprint density at radius 1 is 0.375 bits per heavy atom. The van der Waals surface area contributed by atoms with Crippen LogP contribution in [0.5, 0.6) is 0 Å². The molecule has 0 radical (unpaired) electrons. The Labute approximate surface area is 400 Å². The van der Waals surface area contributed by atoms with Gasteiger partial charge in [-0.2, -0.15) is 0 Å². The highest BCUT2D eigenvalue weighted by molar-refractivity contribution is 5.76. The summed E-state index contributed by atoms with van der Waals surface area (Å²) < 4.78 is 0.